The van der Waals surface area contributed by atoms with Gasteiger partial charge in [-0.25, -0.2) is 9.59 Å². The smallest absolute Gasteiger partial charge is 1.00 e. The van der Waals surface area contributed by atoms with Gasteiger partial charge in [-0.15, -0.1) is 12.4 Å². The number of nitrogens with one attached hydrogen (secondary N) is 4. The molecule has 0 spiro atoms. The van der Waals surface area contributed by atoms with Gasteiger partial charge in [0.15, 0.2) is 52.3 Å². The zero-order chi connectivity index (χ0) is 91.8. The number of fused-ring (bicyclic) bond motifs is 8. The molecule has 10 aromatic rings. The van der Waals surface area contributed by atoms with Crippen LogP contribution < -0.4 is 60.8 Å². The third-order valence-corrected chi connectivity index (χ3v) is 24.7. The molecule has 26 nitrogen and oxygen atoms in total. The molecule has 0 radical (unpaired) electrons. The van der Waals surface area contributed by atoms with Crippen molar-refractivity contribution in [2.45, 2.75) is 176 Å². The first-order valence-electron chi connectivity index (χ1n) is 46.0. The Balaban J connectivity index is 0.000000179. The van der Waals surface area contributed by atoms with Gasteiger partial charge in [0.2, 0.25) is 0 Å². The molecule has 8 aromatic carbocycles. The van der Waals surface area contributed by atoms with Gasteiger partial charge < -0.3 is 111 Å². The van der Waals surface area contributed by atoms with Gasteiger partial charge >= 0.3 is 35.2 Å². The molecule has 10 heterocycles. The maximum Gasteiger partial charge on any atom is 2.00 e. The molecule has 2 amide bonds. The van der Waals surface area contributed by atoms with E-state index >= 15 is 0 Å². The SMILES string of the molecule is CC(C)(C)OC(=O)N1CCC(N2c3ccccc3Oc3cc(C#N)ccc32)CC1.CCN(CC)C(=N)c1ccc2c(c1)Oc1ccccc1N2C1CCN(C(=O)OC(C)(C)C)CC1.CCN(CC)C(=N)c1ccc2c(c1)Oc1ccccc1N2C1CCN(Cc2ccoc2)CC1.CCN(CC)C(=N)c1ccc2c(c1)Oc1ccccc1N2C1CCNCC1.Cl.O=Cc1ccoc1.[Br-].[CH3-].[Mg+2]. The van der Waals surface area contributed by atoms with E-state index in [-0.39, 0.29) is 84.1 Å². The number of rotatable bonds is 16. The van der Waals surface area contributed by atoms with Crippen LogP contribution in [0.4, 0.5) is 55.1 Å². The maximum absolute atomic E-state index is 12.5. The summed E-state index contributed by atoms with van der Waals surface area (Å²) in [6.07, 6.45) is 14.4. The maximum atomic E-state index is 12.5. The topological polar surface area (TPSA) is 273 Å². The number of nitrogens with zero attached hydrogens (tertiary/aromatic N) is 11. The van der Waals surface area contributed by atoms with E-state index in [0.717, 1.165) is 232 Å². The Morgan fingerprint density at radius 1 is 0.433 bits per heavy atom. The minimum absolute atomic E-state index is 0. The van der Waals surface area contributed by atoms with Gasteiger partial charge in [-0.3, -0.25) is 25.9 Å². The first-order valence-corrected chi connectivity index (χ1v) is 46.0. The van der Waals surface area contributed by atoms with Crippen LogP contribution in [0.25, 0.3) is 0 Å². The Kier molecular flexibility index (Phi) is 37.4. The molecule has 0 bridgehead atoms. The van der Waals surface area contributed by atoms with E-state index in [9.17, 15) is 19.6 Å². The Morgan fingerprint density at radius 3 is 1.04 bits per heavy atom. The summed E-state index contributed by atoms with van der Waals surface area (Å²) >= 11 is 0. The molecule has 0 aliphatic carbocycles. The number of benzene rings is 8. The van der Waals surface area contributed by atoms with Crippen LogP contribution in [-0.4, -0.2) is 215 Å². The van der Waals surface area contributed by atoms with Crippen molar-refractivity contribution in [3.63, 3.8) is 0 Å². The van der Waals surface area contributed by atoms with E-state index < -0.39 is 11.2 Å². The Labute approximate surface area is 823 Å². The Bertz CT molecular complexity index is 5610. The van der Waals surface area contributed by atoms with Crippen molar-refractivity contribution < 1.29 is 68.6 Å². The molecule has 0 atom stereocenters. The summed E-state index contributed by atoms with van der Waals surface area (Å²) in [5.41, 5.74) is 12.5. The van der Waals surface area contributed by atoms with Gasteiger partial charge in [0.25, 0.3) is 0 Å². The van der Waals surface area contributed by atoms with Gasteiger partial charge in [-0.1, -0.05) is 48.5 Å². The van der Waals surface area contributed by atoms with Gasteiger partial charge in [-0.2, -0.15) is 5.26 Å². The molecule has 4 fully saturated rings. The summed E-state index contributed by atoms with van der Waals surface area (Å²) in [4.78, 5) is 56.6. The van der Waals surface area contributed by atoms with Crippen LogP contribution in [-0.2, 0) is 16.0 Å². The van der Waals surface area contributed by atoms with Gasteiger partial charge in [0.05, 0.1) is 81.5 Å². The van der Waals surface area contributed by atoms with E-state index in [1.54, 1.807) is 23.3 Å². The fraction of sp³-hybridized carbons (Fsp3) is 0.390. The number of carbonyl (C=O) groups is 3. The number of para-hydroxylation sites is 8. The van der Waals surface area contributed by atoms with E-state index in [4.69, 9.17) is 49.1 Å². The molecular weight excluding hydrogens is 1790 g/mol. The Morgan fingerprint density at radius 2 is 0.739 bits per heavy atom. The first-order chi connectivity index (χ1) is 62.9. The minimum Gasteiger partial charge on any atom is -1.00 e. The van der Waals surface area contributed by atoms with Gasteiger partial charge in [0.1, 0.15) is 35.0 Å². The van der Waals surface area contributed by atoms with Crippen LogP contribution in [0.1, 0.15) is 173 Å². The number of furan rings is 2. The van der Waals surface area contributed by atoms with Crippen molar-refractivity contribution in [3.8, 4) is 52.1 Å². The number of anilines is 8. The molecule has 0 saturated carbocycles. The summed E-state index contributed by atoms with van der Waals surface area (Å²) < 4.78 is 45.9. The number of amidine groups is 3. The molecule has 18 rings (SSSR count). The molecule has 4 saturated heterocycles. The van der Waals surface area contributed by atoms with Crippen LogP contribution >= 0.6 is 12.4 Å². The summed E-state index contributed by atoms with van der Waals surface area (Å²) in [6.45, 7) is 36.4. The average Bonchev–Trinajstić information content (AvgIpc) is 0.821. The normalized spacial score (nSPS) is 15.2. The molecule has 8 aliphatic rings. The van der Waals surface area contributed by atoms with Crippen molar-refractivity contribution in [2.24, 2.45) is 0 Å². The van der Waals surface area contributed by atoms with E-state index in [1.165, 1.54) is 18.1 Å². The molecular formula is C105H129BrClMgN15O11. The average molecular weight is 1920 g/mol. The number of piperidine rings is 4. The van der Waals surface area contributed by atoms with E-state index in [0.29, 0.717) is 72.6 Å². The zero-order valence-corrected chi connectivity index (χ0v) is 83.5. The number of ether oxygens (including phenoxy) is 6. The molecule has 4 N–H and O–H groups in total. The fourth-order valence-electron chi connectivity index (χ4n) is 18.0. The number of nitriles is 1. The number of likely N-dealkylation sites (tertiary alicyclic amines) is 3. The minimum atomic E-state index is -0.493. The summed E-state index contributed by atoms with van der Waals surface area (Å²) in [5, 5.41) is 38.5. The summed E-state index contributed by atoms with van der Waals surface area (Å²) in [5.74, 6) is 8.13. The zero-order valence-electron chi connectivity index (χ0n) is 79.7. The quantitative estimate of drug-likeness (QED) is 0.0230. The Hall–Kier alpha value is -11.7. The number of hydrogen-bond acceptors (Lipinski definition) is 21. The third-order valence-electron chi connectivity index (χ3n) is 24.7. The standard InChI is InChI=1S/C27H36N4O3.C27H32N4O2.C23H25N3O3.C22H28N4O.C5H4O2.CH3.BrH.ClH.Mg/c1-6-29(7-2)25(28)19-12-13-22-24(18-19)33-23-11-9-8-10-21(23)31(22)20-14-16-30(17-15-20)26(32)34-27(3,4)5;1-3-30(4-2)27(28)21-9-10-24-26(17-21)33-25-8-6-5-7-23(25)31(24)22-11-14-29(15-12-22)18-20-13-16-32-19-20;1-23(2,3)29-22(27)25-12-10-17(11-13-25)26-18-6-4-5-7-20(18)28-21-14-16(15-24)8-9-19(21)26;1-3-25(4-2)22(23)16-9-10-19-21(15-16)27-20-8-6-5-7-18(20)26(19)17-11-13-24-14-12-17;6-3-5-1-2-7-4-5;;;;/h8-13,18,20,28H,6-7,14-17H2,1-5H3;5-10,13,16-17,19,22,28H,3-4,11-12,14-15,18H2,1-2H3;4-9,14,17H,10-13H2,1-3H3;5-10,15,17,23-24H,3-4,11-14H2,1-2H3;1-4H;1H3;2*1H;/q;;;;;-1;;;+2/p-1. The van der Waals surface area contributed by atoms with Crippen molar-refractivity contribution >= 4 is 117 Å². The monoisotopic (exact) mass is 1910 g/mol. The van der Waals surface area contributed by atoms with Crippen molar-refractivity contribution in [1.29, 1.82) is 21.5 Å². The van der Waals surface area contributed by atoms with Crippen molar-refractivity contribution in [2.75, 3.05) is 111 Å². The molecule has 8 aliphatic heterocycles. The van der Waals surface area contributed by atoms with Crippen LogP contribution in [0.5, 0.6) is 46.0 Å². The summed E-state index contributed by atoms with van der Waals surface area (Å²) in [6, 6.07) is 63.8. The molecule has 29 heteroatoms. The first kappa shape index (κ1) is 104. The van der Waals surface area contributed by atoms with Crippen LogP contribution in [0, 0.1) is 35.0 Å². The summed E-state index contributed by atoms with van der Waals surface area (Å²) in [7, 11) is 0. The molecule has 0 unspecified atom stereocenters. The fourth-order valence-corrected chi connectivity index (χ4v) is 18.0. The largest absolute Gasteiger partial charge is 2.00 e. The van der Waals surface area contributed by atoms with Crippen molar-refractivity contribution in [3.05, 3.63) is 248 Å². The van der Waals surface area contributed by atoms with Crippen LogP contribution in [0.3, 0.4) is 0 Å². The van der Waals surface area contributed by atoms with E-state index in [1.807, 2.05) is 161 Å². The second-order valence-electron chi connectivity index (χ2n) is 35.4. The number of amides is 2. The molecule has 706 valence electrons. The number of hydrogen-bond donors (Lipinski definition) is 4. The molecule has 2 aromatic heterocycles. The van der Waals surface area contributed by atoms with Gasteiger partial charge in [0, 0.05) is 138 Å². The van der Waals surface area contributed by atoms with Crippen molar-refractivity contribution in [1.82, 2.24) is 34.7 Å². The number of halogens is 2. The van der Waals surface area contributed by atoms with Gasteiger partial charge in [-0.05, 0) is 275 Å². The predicted octanol–water partition coefficient (Wildman–Crippen LogP) is 20.0. The number of carbonyl (C=O) groups excluding carboxylic acids is 3. The second kappa shape index (κ2) is 48.0. The number of aldehydes is 1. The van der Waals surface area contributed by atoms with E-state index in [2.05, 4.69) is 158 Å². The predicted molar refractivity (Wildman–Crippen MR) is 532 cm³/mol. The second-order valence-corrected chi connectivity index (χ2v) is 35.4. The van der Waals surface area contributed by atoms with Crippen LogP contribution in [0.2, 0.25) is 0 Å². The molecule has 134 heavy (non-hydrogen) atoms. The third kappa shape index (κ3) is 24.9. The van der Waals surface area contributed by atoms with Crippen LogP contribution in [0.15, 0.2) is 216 Å².